The Labute approximate surface area is 268 Å². The van der Waals surface area contributed by atoms with E-state index in [-0.39, 0.29) is 6.85 Å². The van der Waals surface area contributed by atoms with Gasteiger partial charge < -0.3 is 4.81 Å². The molecule has 216 valence electrons. The Hall–Kier alpha value is -6.12. The summed E-state index contributed by atoms with van der Waals surface area (Å²) in [6, 6.07) is 55.0. The zero-order chi connectivity index (χ0) is 30.9. The maximum absolute atomic E-state index is 9.74. The van der Waals surface area contributed by atoms with E-state index >= 15 is 0 Å². The molecule has 1 aliphatic rings. The zero-order valence-electron chi connectivity index (χ0n) is 25.2. The molecule has 0 amide bonds. The van der Waals surface area contributed by atoms with Crippen LogP contribution in [0.3, 0.4) is 0 Å². The maximum Gasteiger partial charge on any atom is 0.324 e. The Kier molecular flexibility index (Phi) is 7.01. The molecule has 1 aromatic heterocycles. The van der Waals surface area contributed by atoms with Gasteiger partial charge in [0, 0.05) is 34.1 Å². The van der Waals surface area contributed by atoms with Crippen LogP contribution in [0.4, 0.5) is 5.69 Å². The van der Waals surface area contributed by atoms with E-state index in [2.05, 4.69) is 149 Å². The highest BCUT2D eigenvalue weighted by atomic mass is 15.1. The minimum Gasteiger partial charge on any atom is -0.403 e. The Morgan fingerprint density at radius 3 is 2.09 bits per heavy atom. The molecule has 0 bridgehead atoms. The molecule has 0 saturated carbocycles. The van der Waals surface area contributed by atoms with E-state index in [0.717, 1.165) is 22.3 Å². The molecule has 0 unspecified atom stereocenters. The predicted octanol–water partition coefficient (Wildman–Crippen LogP) is 7.88. The second kappa shape index (κ2) is 11.8. The standard InChI is InChI=1S/C41H29BN4/c43-28-30-13-12-14-31(27-30)38(44-29-45-39-22-9-5-19-35(39)36-20-6-10-23-40(36)45)25-26-46-41-24-11-7-18-34(41)33-17-4-8-21-37(33)42(46)32-15-2-1-3-16-32/h1-25,27,29H,26H2/b38-25-,44-29+. The number of anilines is 1. The van der Waals surface area contributed by atoms with Crippen LogP contribution in [0.25, 0.3) is 38.6 Å². The van der Waals surface area contributed by atoms with Gasteiger partial charge in [0.25, 0.3) is 0 Å². The second-order valence-corrected chi connectivity index (χ2v) is 11.5. The topological polar surface area (TPSA) is 44.3 Å². The van der Waals surface area contributed by atoms with Crippen molar-refractivity contribution in [2.24, 2.45) is 4.99 Å². The van der Waals surface area contributed by atoms with Gasteiger partial charge in [-0.2, -0.15) is 5.26 Å². The van der Waals surface area contributed by atoms with Crippen LogP contribution in [0.1, 0.15) is 11.1 Å². The van der Waals surface area contributed by atoms with Gasteiger partial charge in [-0.3, -0.25) is 4.57 Å². The first-order valence-corrected chi connectivity index (χ1v) is 15.5. The molecule has 1 aliphatic heterocycles. The van der Waals surface area contributed by atoms with Gasteiger partial charge in [-0.25, -0.2) is 4.99 Å². The van der Waals surface area contributed by atoms with E-state index in [1.54, 1.807) is 0 Å². The molecule has 2 heterocycles. The van der Waals surface area contributed by atoms with Crippen LogP contribution in [0, 0.1) is 11.3 Å². The largest absolute Gasteiger partial charge is 0.403 e. The minimum absolute atomic E-state index is 0.0246. The molecule has 6 aromatic carbocycles. The second-order valence-electron chi connectivity index (χ2n) is 11.5. The smallest absolute Gasteiger partial charge is 0.324 e. The monoisotopic (exact) mass is 588 g/mol. The van der Waals surface area contributed by atoms with Crippen LogP contribution >= 0.6 is 0 Å². The number of hydrogen-bond acceptors (Lipinski definition) is 3. The first-order valence-electron chi connectivity index (χ1n) is 15.5. The fraction of sp³-hybridized carbons (Fsp3) is 0.0244. The van der Waals surface area contributed by atoms with Gasteiger partial charge in [-0.1, -0.05) is 127 Å². The van der Waals surface area contributed by atoms with E-state index in [4.69, 9.17) is 4.99 Å². The van der Waals surface area contributed by atoms with Crippen molar-refractivity contribution in [3.8, 4) is 17.2 Å². The summed E-state index contributed by atoms with van der Waals surface area (Å²) in [6.07, 6.45) is 4.12. The lowest BCUT2D eigenvalue weighted by Crippen LogP contribution is -2.59. The van der Waals surface area contributed by atoms with Crippen molar-refractivity contribution in [2.75, 3.05) is 11.4 Å². The molecule has 5 heteroatoms. The highest BCUT2D eigenvalue weighted by Gasteiger charge is 2.35. The van der Waals surface area contributed by atoms with E-state index in [1.807, 2.05) is 30.6 Å². The normalized spacial score (nSPS) is 12.8. The maximum atomic E-state index is 9.74. The fourth-order valence-electron chi connectivity index (χ4n) is 6.81. The molecule has 0 fully saturated rings. The third-order valence-electron chi connectivity index (χ3n) is 8.88. The number of aliphatic imine (C=N–C) groups is 1. The molecule has 0 atom stereocenters. The van der Waals surface area contributed by atoms with Gasteiger partial charge in [0.15, 0.2) is 0 Å². The van der Waals surface area contributed by atoms with Gasteiger partial charge in [-0.05, 0) is 47.4 Å². The Morgan fingerprint density at radius 1 is 0.674 bits per heavy atom. The number of benzene rings is 6. The molecule has 0 radical (unpaired) electrons. The Bertz CT molecular complexity index is 2270. The SMILES string of the molecule is N#Cc1cccc(C(=C/CN2B(c3ccccc3)c3ccccc3-c3ccccc32)/N=C/n2c3ccccc3c3ccccc32)c1. The van der Waals surface area contributed by atoms with Gasteiger partial charge in [0.2, 0.25) is 0 Å². The first-order chi connectivity index (χ1) is 22.8. The number of para-hydroxylation sites is 3. The molecule has 4 nitrogen and oxygen atoms in total. The third kappa shape index (κ3) is 4.78. The van der Waals surface area contributed by atoms with Crippen LogP contribution in [0.2, 0.25) is 0 Å². The molecule has 0 saturated heterocycles. The number of hydrogen-bond donors (Lipinski definition) is 0. The summed E-state index contributed by atoms with van der Waals surface area (Å²) < 4.78 is 2.16. The van der Waals surface area contributed by atoms with Crippen molar-refractivity contribution in [1.82, 2.24) is 4.57 Å². The van der Waals surface area contributed by atoms with Gasteiger partial charge in [0.05, 0.1) is 28.4 Å². The highest BCUT2D eigenvalue weighted by Crippen LogP contribution is 2.35. The molecule has 8 rings (SSSR count). The van der Waals surface area contributed by atoms with E-state index in [1.165, 1.54) is 38.5 Å². The third-order valence-corrected chi connectivity index (χ3v) is 8.88. The molecular formula is C41H29BN4. The summed E-state index contributed by atoms with van der Waals surface area (Å²) in [4.78, 5) is 7.63. The van der Waals surface area contributed by atoms with Gasteiger partial charge >= 0.3 is 6.85 Å². The van der Waals surface area contributed by atoms with E-state index in [9.17, 15) is 5.26 Å². The number of fused-ring (bicyclic) bond motifs is 6. The van der Waals surface area contributed by atoms with Crippen LogP contribution in [-0.4, -0.2) is 24.3 Å². The summed E-state index contributed by atoms with van der Waals surface area (Å²) in [7, 11) is 0. The average molecular weight is 589 g/mol. The van der Waals surface area contributed by atoms with E-state index < -0.39 is 0 Å². The molecule has 0 N–H and O–H groups in total. The highest BCUT2D eigenvalue weighted by molar-refractivity contribution is 6.89. The summed E-state index contributed by atoms with van der Waals surface area (Å²) >= 11 is 0. The van der Waals surface area contributed by atoms with Crippen molar-refractivity contribution in [3.63, 3.8) is 0 Å². The predicted molar refractivity (Wildman–Crippen MR) is 193 cm³/mol. The van der Waals surface area contributed by atoms with Crippen LogP contribution in [0.5, 0.6) is 0 Å². The van der Waals surface area contributed by atoms with Crippen molar-refractivity contribution in [3.05, 3.63) is 169 Å². The lowest BCUT2D eigenvalue weighted by Gasteiger charge is -2.38. The lowest BCUT2D eigenvalue weighted by molar-refractivity contribution is 1.16. The Balaban J connectivity index is 1.28. The quantitative estimate of drug-likeness (QED) is 0.113. The summed E-state index contributed by atoms with van der Waals surface area (Å²) in [6.45, 7) is 0.637. The minimum atomic E-state index is 0.0246. The molecule has 0 spiro atoms. The average Bonchev–Trinajstić information content (AvgIpc) is 3.45. The van der Waals surface area contributed by atoms with Crippen LogP contribution in [0.15, 0.2) is 163 Å². The summed E-state index contributed by atoms with van der Waals surface area (Å²) in [5.74, 6) is 0. The number of rotatable bonds is 6. The summed E-state index contributed by atoms with van der Waals surface area (Å²) in [5, 5.41) is 12.1. The van der Waals surface area contributed by atoms with Crippen molar-refractivity contribution >= 4 is 57.3 Å². The van der Waals surface area contributed by atoms with Gasteiger partial charge in [0.1, 0.15) is 6.34 Å². The number of nitrogens with zero attached hydrogens (tertiary/aromatic N) is 4. The molecule has 46 heavy (non-hydrogen) atoms. The number of nitriles is 1. The molecular weight excluding hydrogens is 559 g/mol. The fourth-order valence-corrected chi connectivity index (χ4v) is 6.81. The van der Waals surface area contributed by atoms with Crippen molar-refractivity contribution in [1.29, 1.82) is 5.26 Å². The van der Waals surface area contributed by atoms with Crippen LogP contribution in [-0.2, 0) is 0 Å². The number of aromatic nitrogens is 1. The van der Waals surface area contributed by atoms with Crippen molar-refractivity contribution < 1.29 is 0 Å². The summed E-state index contributed by atoms with van der Waals surface area (Å²) in [5.41, 5.74) is 10.7. The van der Waals surface area contributed by atoms with E-state index in [0.29, 0.717) is 12.1 Å². The molecule has 7 aromatic rings. The van der Waals surface area contributed by atoms with Crippen LogP contribution < -0.4 is 15.7 Å². The first kappa shape index (κ1) is 27.4. The van der Waals surface area contributed by atoms with Crippen molar-refractivity contribution in [2.45, 2.75) is 0 Å². The van der Waals surface area contributed by atoms with Gasteiger partial charge in [-0.15, -0.1) is 0 Å². The lowest BCUT2D eigenvalue weighted by atomic mass is 9.46. The zero-order valence-corrected chi connectivity index (χ0v) is 25.2. The molecule has 0 aliphatic carbocycles. The Morgan fingerprint density at radius 2 is 1.33 bits per heavy atom.